The predicted octanol–water partition coefficient (Wildman–Crippen LogP) is 1.24. The maximum atomic E-state index is 9.17. The molecule has 2 rings (SSSR count). The van der Waals surface area contributed by atoms with Gasteiger partial charge in [0.2, 0.25) is 0 Å². The zero-order valence-corrected chi connectivity index (χ0v) is 7.87. The summed E-state index contributed by atoms with van der Waals surface area (Å²) in [6.07, 6.45) is 4.76. The molecule has 0 aromatic heterocycles. The highest BCUT2D eigenvalue weighted by Gasteiger charge is 2.33. The number of rotatable bonds is 1. The Morgan fingerprint density at radius 3 is 2.25 bits per heavy atom. The Hall–Kier alpha value is -0.0800. The van der Waals surface area contributed by atoms with Crippen LogP contribution in [0, 0.1) is 5.92 Å². The van der Waals surface area contributed by atoms with Crippen molar-refractivity contribution in [3.63, 3.8) is 0 Å². The second-order valence-electron chi connectivity index (χ2n) is 4.50. The molecule has 1 aliphatic heterocycles. The maximum Gasteiger partial charge on any atom is 0.0570 e. The van der Waals surface area contributed by atoms with Crippen molar-refractivity contribution < 1.29 is 5.11 Å². The predicted molar refractivity (Wildman–Crippen MR) is 49.0 cm³/mol. The summed E-state index contributed by atoms with van der Waals surface area (Å²) in [5.74, 6) is 0.922. The van der Waals surface area contributed by atoms with Gasteiger partial charge < -0.3 is 10.0 Å². The highest BCUT2D eigenvalue weighted by atomic mass is 16.3. The average Bonchev–Trinajstić information content (AvgIpc) is 2.01. The summed E-state index contributed by atoms with van der Waals surface area (Å²) in [4.78, 5) is 2.56. The Kier molecular flexibility index (Phi) is 2.37. The average molecular weight is 169 g/mol. The number of aliphatic hydroxyl groups excluding tert-OH is 1. The molecule has 70 valence electrons. The van der Waals surface area contributed by atoms with Gasteiger partial charge in [-0.1, -0.05) is 6.92 Å². The van der Waals surface area contributed by atoms with E-state index in [9.17, 15) is 5.11 Å². The maximum absolute atomic E-state index is 9.17. The van der Waals surface area contributed by atoms with Gasteiger partial charge in [0.1, 0.15) is 0 Å². The summed E-state index contributed by atoms with van der Waals surface area (Å²) in [5, 5.41) is 9.17. The van der Waals surface area contributed by atoms with E-state index in [1.54, 1.807) is 0 Å². The Morgan fingerprint density at radius 2 is 1.75 bits per heavy atom. The first-order chi connectivity index (χ1) is 5.75. The topological polar surface area (TPSA) is 23.5 Å². The van der Waals surface area contributed by atoms with Gasteiger partial charge in [0.05, 0.1) is 6.10 Å². The van der Waals surface area contributed by atoms with Crippen LogP contribution >= 0.6 is 0 Å². The summed E-state index contributed by atoms with van der Waals surface area (Å²) in [5.41, 5.74) is 0. The molecule has 0 bridgehead atoms. The number of aliphatic hydroxyl groups is 1. The third-order valence-electron chi connectivity index (χ3n) is 3.42. The number of piperidine rings is 1. The molecule has 1 saturated carbocycles. The molecule has 0 spiro atoms. The van der Waals surface area contributed by atoms with Crippen molar-refractivity contribution in [1.82, 2.24) is 4.90 Å². The standard InChI is InChI=1S/C10H19NO/c1-8-2-4-11(5-3-8)9-6-10(12)7-9/h8-10,12H,2-7H2,1H3. The first-order valence-electron chi connectivity index (χ1n) is 5.18. The molecule has 1 aliphatic carbocycles. The number of hydrogen-bond acceptors (Lipinski definition) is 2. The van der Waals surface area contributed by atoms with Crippen molar-refractivity contribution in [3.05, 3.63) is 0 Å². The molecule has 2 fully saturated rings. The molecule has 0 aromatic carbocycles. The molecular weight excluding hydrogens is 150 g/mol. The van der Waals surface area contributed by atoms with Gasteiger partial charge in [0.25, 0.3) is 0 Å². The largest absolute Gasteiger partial charge is 0.393 e. The highest BCUT2D eigenvalue weighted by molar-refractivity contribution is 4.88. The SMILES string of the molecule is CC1CCN(C2CC(O)C2)CC1. The van der Waals surface area contributed by atoms with Gasteiger partial charge >= 0.3 is 0 Å². The smallest absolute Gasteiger partial charge is 0.0570 e. The van der Waals surface area contributed by atoms with E-state index in [0.29, 0.717) is 6.04 Å². The van der Waals surface area contributed by atoms with Crippen LogP contribution in [0.4, 0.5) is 0 Å². The second-order valence-corrected chi connectivity index (χ2v) is 4.50. The fourth-order valence-corrected chi connectivity index (χ4v) is 2.25. The minimum Gasteiger partial charge on any atom is -0.393 e. The van der Waals surface area contributed by atoms with Crippen LogP contribution in [0.3, 0.4) is 0 Å². The lowest BCUT2D eigenvalue weighted by Crippen LogP contribution is -2.49. The van der Waals surface area contributed by atoms with Crippen molar-refractivity contribution in [2.45, 2.75) is 44.8 Å². The second kappa shape index (κ2) is 3.35. The van der Waals surface area contributed by atoms with Crippen molar-refractivity contribution in [1.29, 1.82) is 0 Å². The van der Waals surface area contributed by atoms with Crippen molar-refractivity contribution in [2.75, 3.05) is 13.1 Å². The molecule has 0 aromatic rings. The van der Waals surface area contributed by atoms with Gasteiger partial charge in [0, 0.05) is 6.04 Å². The summed E-state index contributed by atoms with van der Waals surface area (Å²) < 4.78 is 0. The van der Waals surface area contributed by atoms with Crippen LogP contribution < -0.4 is 0 Å². The van der Waals surface area contributed by atoms with E-state index in [1.807, 2.05) is 0 Å². The molecule has 0 amide bonds. The van der Waals surface area contributed by atoms with Crippen LogP contribution in [0.2, 0.25) is 0 Å². The summed E-state index contributed by atoms with van der Waals surface area (Å²) in [7, 11) is 0. The Bertz CT molecular complexity index is 146. The van der Waals surface area contributed by atoms with Crippen LogP contribution in [0.1, 0.15) is 32.6 Å². The minimum atomic E-state index is 0.00866. The molecule has 12 heavy (non-hydrogen) atoms. The normalized spacial score (nSPS) is 39.5. The third-order valence-corrected chi connectivity index (χ3v) is 3.42. The zero-order valence-electron chi connectivity index (χ0n) is 7.87. The van der Waals surface area contributed by atoms with Gasteiger partial charge in [0.15, 0.2) is 0 Å². The van der Waals surface area contributed by atoms with Crippen molar-refractivity contribution >= 4 is 0 Å². The molecule has 1 N–H and O–H groups in total. The zero-order chi connectivity index (χ0) is 8.55. The molecule has 0 atom stereocenters. The molecule has 2 aliphatic rings. The molecule has 1 saturated heterocycles. The summed E-state index contributed by atoms with van der Waals surface area (Å²) in [6.45, 7) is 4.87. The third kappa shape index (κ3) is 1.64. The Balaban J connectivity index is 1.75. The molecule has 1 heterocycles. The van der Waals surface area contributed by atoms with E-state index in [1.165, 1.54) is 25.9 Å². The monoisotopic (exact) mass is 169 g/mol. The number of hydrogen-bond donors (Lipinski definition) is 1. The molecule has 2 nitrogen and oxygen atoms in total. The van der Waals surface area contributed by atoms with E-state index in [2.05, 4.69) is 11.8 Å². The summed E-state index contributed by atoms with van der Waals surface area (Å²) >= 11 is 0. The Morgan fingerprint density at radius 1 is 1.17 bits per heavy atom. The fraction of sp³-hybridized carbons (Fsp3) is 1.00. The van der Waals surface area contributed by atoms with E-state index in [-0.39, 0.29) is 6.10 Å². The van der Waals surface area contributed by atoms with Gasteiger partial charge in [-0.2, -0.15) is 0 Å². The van der Waals surface area contributed by atoms with Gasteiger partial charge in [-0.05, 0) is 44.7 Å². The van der Waals surface area contributed by atoms with E-state index in [0.717, 1.165) is 18.8 Å². The molecular formula is C10H19NO. The van der Waals surface area contributed by atoms with Crippen molar-refractivity contribution in [3.8, 4) is 0 Å². The first-order valence-corrected chi connectivity index (χ1v) is 5.18. The lowest BCUT2D eigenvalue weighted by molar-refractivity contribution is -0.0104. The highest BCUT2D eigenvalue weighted by Crippen LogP contribution is 2.29. The van der Waals surface area contributed by atoms with E-state index < -0.39 is 0 Å². The molecule has 0 unspecified atom stereocenters. The van der Waals surface area contributed by atoms with Crippen LogP contribution in [-0.2, 0) is 0 Å². The van der Waals surface area contributed by atoms with Gasteiger partial charge in [-0.3, -0.25) is 0 Å². The first kappa shape index (κ1) is 8.52. The van der Waals surface area contributed by atoms with E-state index in [4.69, 9.17) is 0 Å². The van der Waals surface area contributed by atoms with Crippen LogP contribution in [0.25, 0.3) is 0 Å². The summed E-state index contributed by atoms with van der Waals surface area (Å²) in [6, 6.07) is 0.715. The number of likely N-dealkylation sites (tertiary alicyclic amines) is 1. The van der Waals surface area contributed by atoms with Crippen LogP contribution in [0.15, 0.2) is 0 Å². The van der Waals surface area contributed by atoms with Crippen LogP contribution in [0.5, 0.6) is 0 Å². The molecule has 0 radical (unpaired) electrons. The fourth-order valence-electron chi connectivity index (χ4n) is 2.25. The van der Waals surface area contributed by atoms with Crippen LogP contribution in [-0.4, -0.2) is 35.2 Å². The molecule has 2 heteroatoms. The van der Waals surface area contributed by atoms with Gasteiger partial charge in [-0.25, -0.2) is 0 Å². The van der Waals surface area contributed by atoms with E-state index >= 15 is 0 Å². The lowest BCUT2D eigenvalue weighted by Gasteiger charge is -2.43. The number of nitrogens with zero attached hydrogens (tertiary/aromatic N) is 1. The van der Waals surface area contributed by atoms with Gasteiger partial charge in [-0.15, -0.1) is 0 Å². The lowest BCUT2D eigenvalue weighted by atomic mass is 9.86. The van der Waals surface area contributed by atoms with Crippen molar-refractivity contribution in [2.24, 2.45) is 5.92 Å². The minimum absolute atomic E-state index is 0.00866. The Labute approximate surface area is 74.6 Å². The quantitative estimate of drug-likeness (QED) is 0.638.